The summed E-state index contributed by atoms with van der Waals surface area (Å²) in [6.07, 6.45) is 0. The van der Waals surface area contributed by atoms with Gasteiger partial charge in [0.2, 0.25) is 0 Å². The summed E-state index contributed by atoms with van der Waals surface area (Å²) in [6.45, 7) is 0. The molecule has 2 heterocycles. The number of hydrogen-bond acceptors (Lipinski definition) is 2. The first kappa shape index (κ1) is 33.3. The first-order valence-electron chi connectivity index (χ1n) is 20.2. The summed E-state index contributed by atoms with van der Waals surface area (Å²) in [5, 5.41) is 9.53. The molecule has 0 N–H and O–H groups in total. The zero-order valence-electron chi connectivity index (χ0n) is 32.1. The van der Waals surface area contributed by atoms with E-state index < -0.39 is 0 Å². The largest absolute Gasteiger partial charge is 0.456 e. The summed E-state index contributed by atoms with van der Waals surface area (Å²) in [5.41, 5.74) is 13.4. The molecule has 0 bridgehead atoms. The Morgan fingerprint density at radius 3 is 1.76 bits per heavy atom. The van der Waals surface area contributed by atoms with E-state index in [4.69, 9.17) is 4.42 Å². The highest BCUT2D eigenvalue weighted by Gasteiger charge is 2.21. The molecule has 2 aromatic heterocycles. The van der Waals surface area contributed by atoms with Gasteiger partial charge in [0.15, 0.2) is 0 Å². The molecule has 0 radical (unpaired) electrons. The Morgan fingerprint density at radius 1 is 0.373 bits per heavy atom. The molecule has 0 saturated carbocycles. The van der Waals surface area contributed by atoms with Crippen LogP contribution in [0.4, 0.5) is 17.1 Å². The van der Waals surface area contributed by atoms with Gasteiger partial charge in [-0.25, -0.2) is 0 Å². The predicted octanol–water partition coefficient (Wildman–Crippen LogP) is 15.8. The van der Waals surface area contributed by atoms with Crippen LogP contribution in [-0.2, 0) is 0 Å². The molecule has 0 saturated heterocycles. The molecular weight excluding hydrogens is 717 g/mol. The Labute approximate surface area is 341 Å². The van der Waals surface area contributed by atoms with Crippen LogP contribution < -0.4 is 4.90 Å². The monoisotopic (exact) mass is 752 g/mol. The highest BCUT2D eigenvalue weighted by molar-refractivity contribution is 6.21. The van der Waals surface area contributed by atoms with Crippen LogP contribution in [0.3, 0.4) is 0 Å². The minimum Gasteiger partial charge on any atom is -0.456 e. The maximum Gasteiger partial charge on any atom is 0.135 e. The van der Waals surface area contributed by atoms with E-state index in [0.717, 1.165) is 44.7 Å². The molecule has 3 nitrogen and oxygen atoms in total. The summed E-state index contributed by atoms with van der Waals surface area (Å²) in [5.74, 6) is 0. The molecule has 0 fully saturated rings. The fourth-order valence-corrected chi connectivity index (χ4v) is 9.35. The van der Waals surface area contributed by atoms with Crippen molar-refractivity contribution < 1.29 is 4.42 Å². The van der Waals surface area contributed by atoms with Crippen molar-refractivity contribution >= 4 is 82.4 Å². The minimum atomic E-state index is 0.877. The fourth-order valence-electron chi connectivity index (χ4n) is 9.35. The SMILES string of the molecule is c1ccc(-c2cccc3cccc(-c4ccc(N(c5ccc6oc7ccccc7c6c5)c5cccc6c5ccc5c7ccccc7n(-c7ccccc7)c65)cc4)c23)cc1. The van der Waals surface area contributed by atoms with Gasteiger partial charge in [-0.1, -0.05) is 158 Å². The normalized spacial score (nSPS) is 11.7. The second-order valence-electron chi connectivity index (χ2n) is 15.3. The highest BCUT2D eigenvalue weighted by atomic mass is 16.3. The molecule has 276 valence electrons. The topological polar surface area (TPSA) is 21.3 Å². The van der Waals surface area contributed by atoms with Gasteiger partial charge in [0.05, 0.1) is 16.7 Å². The molecule has 10 aromatic carbocycles. The lowest BCUT2D eigenvalue weighted by Crippen LogP contribution is -2.10. The number of fused-ring (bicyclic) bond motifs is 9. The lowest BCUT2D eigenvalue weighted by atomic mass is 9.91. The quantitative estimate of drug-likeness (QED) is 0.169. The van der Waals surface area contributed by atoms with Crippen molar-refractivity contribution in [1.29, 1.82) is 0 Å². The Balaban J connectivity index is 1.09. The van der Waals surface area contributed by atoms with E-state index in [9.17, 15) is 0 Å². The Bertz CT molecular complexity index is 3540. The van der Waals surface area contributed by atoms with Gasteiger partial charge in [0.1, 0.15) is 11.2 Å². The van der Waals surface area contributed by atoms with Crippen molar-refractivity contribution in [2.75, 3.05) is 4.90 Å². The van der Waals surface area contributed by atoms with Gasteiger partial charge in [-0.3, -0.25) is 0 Å². The van der Waals surface area contributed by atoms with Crippen LogP contribution in [0.2, 0.25) is 0 Å². The maximum atomic E-state index is 6.32. The van der Waals surface area contributed by atoms with Crippen LogP contribution in [0.25, 0.3) is 93.2 Å². The molecule has 0 unspecified atom stereocenters. The van der Waals surface area contributed by atoms with Crippen molar-refractivity contribution in [3.63, 3.8) is 0 Å². The molecule has 59 heavy (non-hydrogen) atoms. The van der Waals surface area contributed by atoms with E-state index in [-0.39, 0.29) is 0 Å². The number of aromatic nitrogens is 1. The molecule has 0 spiro atoms. The molecule has 0 aliphatic rings. The lowest BCUT2D eigenvalue weighted by Gasteiger charge is -2.27. The fraction of sp³-hybridized carbons (Fsp3) is 0. The number of rotatable bonds is 6. The van der Waals surface area contributed by atoms with Crippen LogP contribution >= 0.6 is 0 Å². The molecule has 12 aromatic rings. The van der Waals surface area contributed by atoms with Gasteiger partial charge in [-0.15, -0.1) is 0 Å². The van der Waals surface area contributed by atoms with Gasteiger partial charge in [-0.05, 0) is 93.7 Å². The van der Waals surface area contributed by atoms with Gasteiger partial charge in [-0.2, -0.15) is 0 Å². The van der Waals surface area contributed by atoms with E-state index in [0.29, 0.717) is 0 Å². The van der Waals surface area contributed by atoms with E-state index in [1.165, 1.54) is 65.6 Å². The summed E-state index contributed by atoms with van der Waals surface area (Å²) in [7, 11) is 0. The van der Waals surface area contributed by atoms with E-state index >= 15 is 0 Å². The van der Waals surface area contributed by atoms with Crippen molar-refractivity contribution in [1.82, 2.24) is 4.57 Å². The van der Waals surface area contributed by atoms with Crippen molar-refractivity contribution in [2.24, 2.45) is 0 Å². The van der Waals surface area contributed by atoms with Crippen molar-refractivity contribution in [3.05, 3.63) is 218 Å². The van der Waals surface area contributed by atoms with Crippen LogP contribution in [0.1, 0.15) is 0 Å². The summed E-state index contributed by atoms with van der Waals surface area (Å²) in [4.78, 5) is 2.41. The summed E-state index contributed by atoms with van der Waals surface area (Å²) in [6, 6.07) is 78.8. The predicted molar refractivity (Wildman–Crippen MR) is 249 cm³/mol. The van der Waals surface area contributed by atoms with E-state index in [2.05, 4.69) is 216 Å². The van der Waals surface area contributed by atoms with Gasteiger partial charge in [0.25, 0.3) is 0 Å². The molecule has 0 amide bonds. The van der Waals surface area contributed by atoms with Crippen molar-refractivity contribution in [3.8, 4) is 27.9 Å². The third kappa shape index (κ3) is 5.29. The second-order valence-corrected chi connectivity index (χ2v) is 15.3. The van der Waals surface area contributed by atoms with Gasteiger partial charge < -0.3 is 13.9 Å². The zero-order chi connectivity index (χ0) is 38.9. The van der Waals surface area contributed by atoms with Crippen LogP contribution in [0, 0.1) is 0 Å². The van der Waals surface area contributed by atoms with E-state index in [1.54, 1.807) is 0 Å². The maximum absolute atomic E-state index is 6.32. The number of furan rings is 1. The first-order chi connectivity index (χ1) is 29.3. The summed E-state index contributed by atoms with van der Waals surface area (Å²) < 4.78 is 8.75. The third-order valence-corrected chi connectivity index (χ3v) is 12.0. The van der Waals surface area contributed by atoms with Crippen LogP contribution in [0.15, 0.2) is 223 Å². The lowest BCUT2D eigenvalue weighted by molar-refractivity contribution is 0.669. The minimum absolute atomic E-state index is 0.877. The van der Waals surface area contributed by atoms with Crippen LogP contribution in [0.5, 0.6) is 0 Å². The van der Waals surface area contributed by atoms with Gasteiger partial charge >= 0.3 is 0 Å². The number of nitrogens with zero attached hydrogens (tertiary/aromatic N) is 2. The van der Waals surface area contributed by atoms with E-state index in [1.807, 2.05) is 12.1 Å². The smallest absolute Gasteiger partial charge is 0.135 e. The average Bonchev–Trinajstić information content (AvgIpc) is 3.85. The number of hydrogen-bond donors (Lipinski definition) is 0. The number of para-hydroxylation sites is 3. The number of benzene rings is 10. The molecule has 0 aliphatic heterocycles. The number of anilines is 3. The summed E-state index contributed by atoms with van der Waals surface area (Å²) >= 11 is 0. The Hall–Kier alpha value is -7.88. The second kappa shape index (κ2) is 13.4. The zero-order valence-corrected chi connectivity index (χ0v) is 32.1. The standard InChI is InChI=1S/C56H36N2O/c1-3-14-37(15-4-1)43-22-11-16-39-17-12-23-44(55(39)43)38-28-30-41(31-29-38)57(42-32-35-54-50(36-42)47-21-8-10-27-53(47)59-54)51-26-13-24-48-46(51)33-34-49-45-20-7-9-25-52(45)58(56(48)49)40-18-5-2-6-19-40/h1-36H. The molecular formula is C56H36N2O. The Morgan fingerprint density at radius 2 is 0.966 bits per heavy atom. The third-order valence-electron chi connectivity index (χ3n) is 12.0. The average molecular weight is 753 g/mol. The van der Waals surface area contributed by atoms with Crippen molar-refractivity contribution in [2.45, 2.75) is 0 Å². The highest BCUT2D eigenvalue weighted by Crippen LogP contribution is 2.45. The van der Waals surface area contributed by atoms with Gasteiger partial charge in [0, 0.05) is 49.4 Å². The van der Waals surface area contributed by atoms with Crippen LogP contribution in [-0.4, -0.2) is 4.57 Å². The molecule has 3 heteroatoms. The molecule has 0 aliphatic carbocycles. The molecule has 12 rings (SSSR count). The Kier molecular flexibility index (Phi) is 7.54. The molecule has 0 atom stereocenters. The first-order valence-corrected chi connectivity index (χ1v) is 20.2.